The molecule has 1 aromatic heterocycles. The first-order chi connectivity index (χ1) is 10.7. The molecule has 22 heavy (non-hydrogen) atoms. The molecule has 0 fully saturated rings. The van der Waals surface area contributed by atoms with Gasteiger partial charge >= 0.3 is 6.03 Å². The average molecular weight is 317 g/mol. The van der Waals surface area contributed by atoms with Crippen LogP contribution in [0.25, 0.3) is 12.2 Å². The van der Waals surface area contributed by atoms with Gasteiger partial charge in [0.1, 0.15) is 5.82 Å². The van der Waals surface area contributed by atoms with Crippen molar-refractivity contribution < 1.29 is 9.59 Å². The number of hydrogen-bond acceptors (Lipinski definition) is 5. The molecule has 2 rings (SSSR count). The van der Waals surface area contributed by atoms with E-state index in [1.54, 1.807) is 6.08 Å². The Morgan fingerprint density at radius 2 is 2.05 bits per heavy atom. The summed E-state index contributed by atoms with van der Waals surface area (Å²) in [5, 5.41) is 11.7. The molecule has 3 amide bonds. The average Bonchev–Trinajstić information content (AvgIpc) is 3.00. The Balaban J connectivity index is 1.85. The molecule has 0 unspecified atom stereocenters. The highest BCUT2D eigenvalue weighted by molar-refractivity contribution is 7.99. The zero-order valence-corrected chi connectivity index (χ0v) is 12.7. The lowest BCUT2D eigenvalue weighted by molar-refractivity contribution is -0.117. The number of aromatic nitrogens is 3. The number of carbonyl (C=O) groups is 2. The summed E-state index contributed by atoms with van der Waals surface area (Å²) in [5.74, 6) is 0.251. The third kappa shape index (κ3) is 5.06. The standard InChI is InChI=1S/C14H15N5O2S/c1-15-13(21)17-12(20)9-22-14-16-11(18-19-14)8-7-10-5-3-2-4-6-10/h2-8H,9H2,1H3,(H,16,18,19)(H2,15,17,20,21)/b8-7+. The molecule has 0 spiro atoms. The molecule has 1 aromatic carbocycles. The Kier molecular flexibility index (Phi) is 5.73. The predicted octanol–water partition coefficient (Wildman–Crippen LogP) is 1.52. The van der Waals surface area contributed by atoms with E-state index < -0.39 is 11.9 Å². The van der Waals surface area contributed by atoms with Crippen LogP contribution in [0.4, 0.5) is 4.79 Å². The maximum absolute atomic E-state index is 11.4. The van der Waals surface area contributed by atoms with Crippen LogP contribution >= 0.6 is 11.8 Å². The number of carbonyl (C=O) groups excluding carboxylic acids is 2. The third-order valence-corrected chi connectivity index (χ3v) is 3.38. The zero-order chi connectivity index (χ0) is 15.8. The summed E-state index contributed by atoms with van der Waals surface area (Å²) in [4.78, 5) is 26.6. The van der Waals surface area contributed by atoms with E-state index in [-0.39, 0.29) is 5.75 Å². The number of thioether (sulfide) groups is 1. The normalized spacial score (nSPS) is 10.6. The number of H-pyrrole nitrogens is 1. The van der Waals surface area contributed by atoms with Gasteiger partial charge in [0.15, 0.2) is 0 Å². The van der Waals surface area contributed by atoms with E-state index >= 15 is 0 Å². The largest absolute Gasteiger partial charge is 0.341 e. The number of nitrogens with one attached hydrogen (secondary N) is 3. The number of hydrogen-bond donors (Lipinski definition) is 3. The molecule has 8 heteroatoms. The Hall–Kier alpha value is -2.61. The molecule has 114 valence electrons. The molecule has 0 radical (unpaired) electrons. The Labute approximate surface area is 131 Å². The van der Waals surface area contributed by atoms with Crippen LogP contribution in [0.15, 0.2) is 35.5 Å². The molecule has 0 atom stereocenters. The minimum Gasteiger partial charge on any atom is -0.341 e. The lowest BCUT2D eigenvalue weighted by atomic mass is 10.2. The lowest BCUT2D eigenvalue weighted by Gasteiger charge is -2.00. The summed E-state index contributed by atoms with van der Waals surface area (Å²) in [6.07, 6.45) is 3.71. The smallest absolute Gasteiger partial charge is 0.321 e. The van der Waals surface area contributed by atoms with Gasteiger partial charge in [-0.15, -0.1) is 5.10 Å². The van der Waals surface area contributed by atoms with E-state index in [1.807, 2.05) is 36.4 Å². The van der Waals surface area contributed by atoms with Crippen LogP contribution in [0.2, 0.25) is 0 Å². The van der Waals surface area contributed by atoms with Gasteiger partial charge in [0.2, 0.25) is 11.1 Å². The number of nitrogens with zero attached hydrogens (tertiary/aromatic N) is 2. The third-order valence-electron chi connectivity index (χ3n) is 2.53. The van der Waals surface area contributed by atoms with Crippen LogP contribution in [-0.2, 0) is 4.79 Å². The molecule has 3 N–H and O–H groups in total. The van der Waals surface area contributed by atoms with E-state index in [0.29, 0.717) is 11.0 Å². The van der Waals surface area contributed by atoms with Crippen molar-refractivity contribution in [3.8, 4) is 0 Å². The van der Waals surface area contributed by atoms with Gasteiger partial charge in [-0.05, 0) is 11.6 Å². The van der Waals surface area contributed by atoms with Gasteiger partial charge in [-0.25, -0.2) is 9.78 Å². The van der Waals surface area contributed by atoms with Crippen LogP contribution in [0.3, 0.4) is 0 Å². The van der Waals surface area contributed by atoms with E-state index in [9.17, 15) is 9.59 Å². The molecule has 0 bridgehead atoms. The van der Waals surface area contributed by atoms with Crippen LogP contribution in [0, 0.1) is 0 Å². The molecule has 0 aliphatic heterocycles. The van der Waals surface area contributed by atoms with Crippen LogP contribution in [-0.4, -0.2) is 39.9 Å². The molecule has 2 aromatic rings. The molecule has 1 heterocycles. The molecule has 0 saturated heterocycles. The van der Waals surface area contributed by atoms with Crippen molar-refractivity contribution in [1.29, 1.82) is 0 Å². The first-order valence-electron chi connectivity index (χ1n) is 6.47. The molecule has 0 aliphatic rings. The highest BCUT2D eigenvalue weighted by atomic mass is 32.2. The van der Waals surface area contributed by atoms with Gasteiger partial charge in [-0.3, -0.25) is 15.2 Å². The van der Waals surface area contributed by atoms with Crippen LogP contribution in [0.1, 0.15) is 11.4 Å². The fraction of sp³-hybridized carbons (Fsp3) is 0.143. The number of urea groups is 1. The van der Waals surface area contributed by atoms with Crippen molar-refractivity contribution in [2.24, 2.45) is 0 Å². The number of aromatic amines is 1. The van der Waals surface area contributed by atoms with Crippen molar-refractivity contribution in [3.05, 3.63) is 41.7 Å². The summed E-state index contributed by atoms with van der Waals surface area (Å²) in [6.45, 7) is 0. The van der Waals surface area contributed by atoms with Crippen LogP contribution < -0.4 is 10.6 Å². The van der Waals surface area contributed by atoms with E-state index in [4.69, 9.17) is 0 Å². The summed E-state index contributed by atoms with van der Waals surface area (Å²) in [6, 6.07) is 9.27. The van der Waals surface area contributed by atoms with Gasteiger partial charge in [0.05, 0.1) is 5.75 Å². The van der Waals surface area contributed by atoms with Gasteiger partial charge in [-0.2, -0.15) is 0 Å². The Morgan fingerprint density at radius 1 is 1.27 bits per heavy atom. The number of rotatable bonds is 5. The van der Waals surface area contributed by atoms with Crippen molar-refractivity contribution in [2.75, 3.05) is 12.8 Å². The van der Waals surface area contributed by atoms with Gasteiger partial charge in [0.25, 0.3) is 0 Å². The SMILES string of the molecule is CNC(=O)NC(=O)CSc1n[nH]c(/C=C/c2ccccc2)n1. The number of amides is 3. The van der Waals surface area contributed by atoms with Gasteiger partial charge < -0.3 is 5.32 Å². The second kappa shape index (κ2) is 7.99. The summed E-state index contributed by atoms with van der Waals surface area (Å²) >= 11 is 1.14. The minimum absolute atomic E-state index is 0.0626. The highest BCUT2D eigenvalue weighted by Crippen LogP contribution is 2.13. The van der Waals surface area contributed by atoms with Gasteiger partial charge in [-0.1, -0.05) is 48.2 Å². The van der Waals surface area contributed by atoms with E-state index in [1.165, 1.54) is 7.05 Å². The molecule has 0 saturated carbocycles. The minimum atomic E-state index is -0.535. The maximum atomic E-state index is 11.4. The molecular weight excluding hydrogens is 302 g/mol. The predicted molar refractivity (Wildman–Crippen MR) is 85.1 cm³/mol. The first-order valence-corrected chi connectivity index (χ1v) is 7.46. The topological polar surface area (TPSA) is 99.8 Å². The Morgan fingerprint density at radius 3 is 2.77 bits per heavy atom. The highest BCUT2D eigenvalue weighted by Gasteiger charge is 2.08. The number of imide groups is 1. The van der Waals surface area contributed by atoms with Crippen molar-refractivity contribution in [2.45, 2.75) is 5.16 Å². The first kappa shape index (κ1) is 15.8. The second-order valence-electron chi connectivity index (χ2n) is 4.16. The van der Waals surface area contributed by atoms with E-state index in [0.717, 1.165) is 17.3 Å². The fourth-order valence-corrected chi connectivity index (χ4v) is 2.10. The summed E-state index contributed by atoms with van der Waals surface area (Å²) in [7, 11) is 1.44. The van der Waals surface area contributed by atoms with Gasteiger partial charge in [0, 0.05) is 7.05 Å². The quantitative estimate of drug-likeness (QED) is 0.726. The lowest BCUT2D eigenvalue weighted by Crippen LogP contribution is -2.38. The van der Waals surface area contributed by atoms with E-state index in [2.05, 4.69) is 25.8 Å². The fourth-order valence-electron chi connectivity index (χ4n) is 1.49. The monoisotopic (exact) mass is 317 g/mol. The van der Waals surface area contributed by atoms with Crippen molar-refractivity contribution >= 4 is 35.9 Å². The van der Waals surface area contributed by atoms with Crippen molar-refractivity contribution in [3.63, 3.8) is 0 Å². The molecule has 7 nitrogen and oxygen atoms in total. The Bertz CT molecular complexity index is 669. The maximum Gasteiger partial charge on any atom is 0.321 e. The summed E-state index contributed by atoms with van der Waals surface area (Å²) in [5.41, 5.74) is 1.05. The second-order valence-corrected chi connectivity index (χ2v) is 5.11. The molecular formula is C14H15N5O2S. The molecule has 0 aliphatic carbocycles. The summed E-state index contributed by atoms with van der Waals surface area (Å²) < 4.78 is 0. The van der Waals surface area contributed by atoms with Crippen LogP contribution in [0.5, 0.6) is 0 Å². The number of benzene rings is 1. The zero-order valence-electron chi connectivity index (χ0n) is 11.9. The van der Waals surface area contributed by atoms with Crippen molar-refractivity contribution in [1.82, 2.24) is 25.8 Å².